The lowest BCUT2D eigenvalue weighted by Crippen LogP contribution is -2.01. The molecular formula is C9H11N3O. The average molecular weight is 177 g/mol. The molecule has 0 aliphatic rings. The lowest BCUT2D eigenvalue weighted by molar-refractivity contribution is 0.304. The van der Waals surface area contributed by atoms with Crippen LogP contribution in [-0.2, 0) is 4.74 Å². The molecule has 0 aliphatic heterocycles. The molecule has 4 heteroatoms. The molecule has 0 aromatic heterocycles. The van der Waals surface area contributed by atoms with Crippen molar-refractivity contribution in [1.29, 1.82) is 10.5 Å². The first kappa shape index (κ1) is 11.1. The third-order valence-corrected chi connectivity index (χ3v) is 1.21. The van der Waals surface area contributed by atoms with Crippen LogP contribution in [0, 0.1) is 22.7 Å². The quantitative estimate of drug-likeness (QED) is 0.366. The summed E-state index contributed by atoms with van der Waals surface area (Å²) in [4.78, 5) is 1.78. The van der Waals surface area contributed by atoms with Crippen LogP contribution in [0.2, 0.25) is 0 Å². The molecule has 0 N–H and O–H groups in total. The van der Waals surface area contributed by atoms with Crippen LogP contribution in [0.15, 0.2) is 23.6 Å². The second-order valence-electron chi connectivity index (χ2n) is 2.45. The Morgan fingerprint density at radius 1 is 1.31 bits per heavy atom. The molecule has 0 spiro atoms. The number of hydrogen-bond acceptors (Lipinski definition) is 4. The van der Waals surface area contributed by atoms with Gasteiger partial charge in [-0.25, -0.2) is 0 Å². The van der Waals surface area contributed by atoms with E-state index in [1.165, 1.54) is 7.11 Å². The van der Waals surface area contributed by atoms with Gasteiger partial charge in [0.1, 0.15) is 17.9 Å². The zero-order valence-corrected chi connectivity index (χ0v) is 7.90. The van der Waals surface area contributed by atoms with Gasteiger partial charge >= 0.3 is 0 Å². The summed E-state index contributed by atoms with van der Waals surface area (Å²) in [5.74, 6) is 0.277. The second kappa shape index (κ2) is 5.68. The lowest BCUT2D eigenvalue weighted by atomic mass is 10.2. The molecule has 0 heterocycles. The first-order chi connectivity index (χ1) is 6.15. The Morgan fingerprint density at radius 3 is 2.15 bits per heavy atom. The fourth-order valence-electron chi connectivity index (χ4n) is 0.605. The van der Waals surface area contributed by atoms with Crippen LogP contribution < -0.4 is 0 Å². The molecule has 0 saturated carbocycles. The fourth-order valence-corrected chi connectivity index (χ4v) is 0.605. The van der Waals surface area contributed by atoms with Gasteiger partial charge in [0.15, 0.2) is 5.57 Å². The van der Waals surface area contributed by atoms with E-state index in [-0.39, 0.29) is 11.3 Å². The standard InChI is InChI=1S/C9H11N3O/c1-12(2)5-4-9(13-3)8(6-10)7-11/h4-5H,1-3H3. The maximum atomic E-state index is 8.53. The predicted molar refractivity (Wildman–Crippen MR) is 48.1 cm³/mol. The third kappa shape index (κ3) is 3.83. The molecule has 0 amide bonds. The zero-order valence-electron chi connectivity index (χ0n) is 7.90. The van der Waals surface area contributed by atoms with Gasteiger partial charge in [-0.15, -0.1) is 0 Å². The summed E-state index contributed by atoms with van der Waals surface area (Å²) in [5, 5.41) is 17.1. The number of nitriles is 2. The average Bonchev–Trinajstić information content (AvgIpc) is 2.11. The second-order valence-corrected chi connectivity index (χ2v) is 2.45. The Balaban J connectivity index is 4.82. The van der Waals surface area contributed by atoms with E-state index in [0.717, 1.165) is 0 Å². The van der Waals surface area contributed by atoms with Crippen LogP contribution in [0.4, 0.5) is 0 Å². The molecule has 0 radical (unpaired) electrons. The minimum absolute atomic E-state index is 0.0272. The van der Waals surface area contributed by atoms with Gasteiger partial charge < -0.3 is 9.64 Å². The maximum Gasteiger partial charge on any atom is 0.171 e. The molecule has 0 unspecified atom stereocenters. The highest BCUT2D eigenvalue weighted by atomic mass is 16.5. The number of methoxy groups -OCH3 is 1. The molecule has 68 valence electrons. The van der Waals surface area contributed by atoms with E-state index in [1.807, 2.05) is 14.1 Å². The van der Waals surface area contributed by atoms with Crippen molar-refractivity contribution in [3.05, 3.63) is 23.6 Å². The van der Waals surface area contributed by atoms with E-state index in [9.17, 15) is 0 Å². The topological polar surface area (TPSA) is 60.0 Å². The number of allylic oxidation sites excluding steroid dienone is 2. The van der Waals surface area contributed by atoms with Gasteiger partial charge in [-0.05, 0) is 6.08 Å². The Kier molecular flexibility index (Phi) is 4.83. The molecule has 0 saturated heterocycles. The van der Waals surface area contributed by atoms with E-state index < -0.39 is 0 Å². The molecule has 0 bridgehead atoms. The van der Waals surface area contributed by atoms with Crippen molar-refractivity contribution in [1.82, 2.24) is 4.90 Å². The highest BCUT2D eigenvalue weighted by Gasteiger charge is 2.01. The van der Waals surface area contributed by atoms with E-state index in [2.05, 4.69) is 0 Å². The highest BCUT2D eigenvalue weighted by Crippen LogP contribution is 2.05. The lowest BCUT2D eigenvalue weighted by Gasteiger charge is -2.04. The van der Waals surface area contributed by atoms with E-state index in [4.69, 9.17) is 15.3 Å². The van der Waals surface area contributed by atoms with Crippen LogP contribution in [0.5, 0.6) is 0 Å². The van der Waals surface area contributed by atoms with Gasteiger partial charge in [-0.3, -0.25) is 0 Å². The molecule has 0 atom stereocenters. The molecule has 0 rings (SSSR count). The molecule has 0 fully saturated rings. The monoisotopic (exact) mass is 177 g/mol. The van der Waals surface area contributed by atoms with Gasteiger partial charge in [-0.1, -0.05) is 0 Å². The minimum atomic E-state index is -0.0272. The largest absolute Gasteiger partial charge is 0.495 e. The zero-order chi connectivity index (χ0) is 10.3. The predicted octanol–water partition coefficient (Wildman–Crippen LogP) is 1.01. The number of nitrogens with zero attached hydrogens (tertiary/aromatic N) is 3. The first-order valence-electron chi connectivity index (χ1n) is 3.58. The Bertz CT molecular complexity index is 286. The third-order valence-electron chi connectivity index (χ3n) is 1.21. The summed E-state index contributed by atoms with van der Waals surface area (Å²) in [6.45, 7) is 0. The van der Waals surface area contributed by atoms with Gasteiger partial charge in [0, 0.05) is 20.3 Å². The number of ether oxygens (including phenoxy) is 1. The van der Waals surface area contributed by atoms with Crippen molar-refractivity contribution in [2.24, 2.45) is 0 Å². The van der Waals surface area contributed by atoms with Gasteiger partial charge in [0.05, 0.1) is 7.11 Å². The van der Waals surface area contributed by atoms with Crippen molar-refractivity contribution in [3.8, 4) is 12.1 Å². The SMILES string of the molecule is COC(C=CN(C)C)=C(C#N)C#N. The van der Waals surface area contributed by atoms with Crippen molar-refractivity contribution in [2.75, 3.05) is 21.2 Å². The summed E-state index contributed by atoms with van der Waals surface area (Å²) in [6, 6.07) is 3.50. The Labute approximate surface area is 77.9 Å². The summed E-state index contributed by atoms with van der Waals surface area (Å²) in [7, 11) is 5.09. The van der Waals surface area contributed by atoms with Gasteiger partial charge in [0.2, 0.25) is 0 Å². The van der Waals surface area contributed by atoms with E-state index in [1.54, 1.807) is 29.3 Å². The van der Waals surface area contributed by atoms with Gasteiger partial charge in [-0.2, -0.15) is 10.5 Å². The summed E-state index contributed by atoms with van der Waals surface area (Å²) in [6.07, 6.45) is 3.27. The molecule has 13 heavy (non-hydrogen) atoms. The fraction of sp³-hybridized carbons (Fsp3) is 0.333. The van der Waals surface area contributed by atoms with Crippen LogP contribution in [0.25, 0.3) is 0 Å². The van der Waals surface area contributed by atoms with E-state index in [0.29, 0.717) is 0 Å². The number of hydrogen-bond donors (Lipinski definition) is 0. The normalized spacial score (nSPS) is 8.69. The maximum absolute atomic E-state index is 8.53. The number of rotatable bonds is 3. The van der Waals surface area contributed by atoms with Crippen molar-refractivity contribution >= 4 is 0 Å². The molecule has 0 aliphatic carbocycles. The van der Waals surface area contributed by atoms with Crippen LogP contribution in [-0.4, -0.2) is 26.1 Å². The molecule has 4 nitrogen and oxygen atoms in total. The molecular weight excluding hydrogens is 166 g/mol. The molecule has 0 aromatic carbocycles. The minimum Gasteiger partial charge on any atom is -0.495 e. The van der Waals surface area contributed by atoms with E-state index >= 15 is 0 Å². The van der Waals surface area contributed by atoms with Crippen molar-refractivity contribution in [2.45, 2.75) is 0 Å². The summed E-state index contributed by atoms with van der Waals surface area (Å²) < 4.78 is 4.87. The summed E-state index contributed by atoms with van der Waals surface area (Å²) >= 11 is 0. The van der Waals surface area contributed by atoms with Crippen LogP contribution >= 0.6 is 0 Å². The first-order valence-corrected chi connectivity index (χ1v) is 3.58. The Hall–Kier alpha value is -1.94. The molecule has 0 aromatic rings. The van der Waals surface area contributed by atoms with Crippen molar-refractivity contribution in [3.63, 3.8) is 0 Å². The van der Waals surface area contributed by atoms with Crippen LogP contribution in [0.1, 0.15) is 0 Å². The Morgan fingerprint density at radius 2 is 1.85 bits per heavy atom. The highest BCUT2D eigenvalue weighted by molar-refractivity contribution is 5.41. The summed E-state index contributed by atoms with van der Waals surface area (Å²) in [5.41, 5.74) is -0.0272. The van der Waals surface area contributed by atoms with Gasteiger partial charge in [0.25, 0.3) is 0 Å². The van der Waals surface area contributed by atoms with Crippen LogP contribution in [0.3, 0.4) is 0 Å². The smallest absolute Gasteiger partial charge is 0.171 e. The van der Waals surface area contributed by atoms with Crippen molar-refractivity contribution < 1.29 is 4.74 Å².